The fourth-order valence-corrected chi connectivity index (χ4v) is 5.00. The molecule has 0 aromatic rings. The summed E-state index contributed by atoms with van der Waals surface area (Å²) in [6.45, 7) is 9.85. The van der Waals surface area contributed by atoms with Crippen molar-refractivity contribution in [3.05, 3.63) is 24.2 Å². The summed E-state index contributed by atoms with van der Waals surface area (Å²) in [5, 5.41) is 30.6. The highest BCUT2D eigenvalue weighted by Crippen LogP contribution is 2.49. The first-order valence-corrected chi connectivity index (χ1v) is 10.5. The molecule has 6 heteroatoms. The summed E-state index contributed by atoms with van der Waals surface area (Å²) in [5.41, 5.74) is -1.10. The van der Waals surface area contributed by atoms with E-state index in [0.717, 1.165) is 25.4 Å². The number of carbonyl (C=O) groups excluding carboxylic acids is 2. The molecule has 1 saturated carbocycles. The van der Waals surface area contributed by atoms with E-state index in [2.05, 4.69) is 13.5 Å². The molecule has 0 heterocycles. The Kier molecular flexibility index (Phi) is 7.68. The summed E-state index contributed by atoms with van der Waals surface area (Å²) in [4.78, 5) is 22.9. The molecule has 3 unspecified atom stereocenters. The van der Waals surface area contributed by atoms with E-state index in [1.807, 2.05) is 6.92 Å². The summed E-state index contributed by atoms with van der Waals surface area (Å²) in [5.74, 6) is -0.246. The fourth-order valence-electron chi connectivity index (χ4n) is 5.00. The lowest BCUT2D eigenvalue weighted by atomic mass is 9.63. The van der Waals surface area contributed by atoms with Gasteiger partial charge in [0.25, 0.3) is 0 Å². The molecule has 2 aliphatic carbocycles. The van der Waals surface area contributed by atoms with Crippen molar-refractivity contribution >= 4 is 12.6 Å². The molecule has 0 bridgehead atoms. The van der Waals surface area contributed by atoms with Crippen molar-refractivity contribution < 1.29 is 29.6 Å². The third-order valence-corrected chi connectivity index (χ3v) is 7.05. The minimum atomic E-state index is -0.995. The molecule has 0 aromatic carbocycles. The average molecular weight is 409 g/mol. The third-order valence-electron chi connectivity index (χ3n) is 7.05. The van der Waals surface area contributed by atoms with Gasteiger partial charge in [0, 0.05) is 18.4 Å². The molecule has 0 aliphatic heterocycles. The van der Waals surface area contributed by atoms with Crippen LogP contribution in [0.3, 0.4) is 0 Å². The Hall–Kier alpha value is -1.66. The van der Waals surface area contributed by atoms with Crippen LogP contribution in [0.4, 0.5) is 0 Å². The Labute approximate surface area is 173 Å². The second kappa shape index (κ2) is 9.43. The van der Waals surface area contributed by atoms with Crippen LogP contribution in [0.1, 0.15) is 52.9 Å². The van der Waals surface area contributed by atoms with E-state index in [0.29, 0.717) is 30.9 Å². The Morgan fingerprint density at radius 2 is 2.00 bits per heavy atom. The molecular weight excluding hydrogens is 372 g/mol. The smallest absolute Gasteiger partial charge is 0.159 e. The van der Waals surface area contributed by atoms with Crippen molar-refractivity contribution in [3.63, 3.8) is 0 Å². The number of carbonyl (C=O) groups is 2. The highest BCUT2D eigenvalue weighted by Gasteiger charge is 2.46. The molecule has 0 radical (unpaired) electrons. The molecule has 5 atom stereocenters. The van der Waals surface area contributed by atoms with E-state index in [-0.39, 0.29) is 36.7 Å². The van der Waals surface area contributed by atoms with Gasteiger partial charge in [-0.1, -0.05) is 26.8 Å². The molecule has 0 spiro atoms. The number of hydrogen-bond acceptors (Lipinski definition) is 6. The largest absolute Gasteiger partial charge is 0.506 e. The lowest BCUT2D eigenvalue weighted by Gasteiger charge is -2.45. The summed E-state index contributed by atoms with van der Waals surface area (Å²) in [7, 11) is 0. The van der Waals surface area contributed by atoms with Crippen LogP contribution in [-0.2, 0) is 14.3 Å². The van der Waals surface area contributed by atoms with Crippen LogP contribution in [0.5, 0.6) is 0 Å². The first-order chi connectivity index (χ1) is 13.6. The predicted octanol–water partition coefficient (Wildman–Crippen LogP) is 3.18. The maximum absolute atomic E-state index is 11.6. The van der Waals surface area contributed by atoms with E-state index >= 15 is 0 Å². The lowest BCUT2D eigenvalue weighted by Crippen LogP contribution is -2.43. The van der Waals surface area contributed by atoms with Crippen molar-refractivity contribution in [3.8, 4) is 0 Å². The van der Waals surface area contributed by atoms with E-state index in [1.165, 1.54) is 0 Å². The topological polar surface area (TPSA) is 104 Å². The van der Waals surface area contributed by atoms with Crippen LogP contribution in [-0.4, -0.2) is 47.2 Å². The van der Waals surface area contributed by atoms with Gasteiger partial charge >= 0.3 is 0 Å². The van der Waals surface area contributed by atoms with Crippen molar-refractivity contribution in [2.45, 2.75) is 59.0 Å². The van der Waals surface area contributed by atoms with Gasteiger partial charge in [-0.25, -0.2) is 0 Å². The van der Waals surface area contributed by atoms with Crippen molar-refractivity contribution in [1.82, 2.24) is 0 Å². The van der Waals surface area contributed by atoms with Crippen LogP contribution in [0.15, 0.2) is 24.2 Å². The van der Waals surface area contributed by atoms with Gasteiger partial charge < -0.3 is 29.6 Å². The van der Waals surface area contributed by atoms with Crippen LogP contribution < -0.4 is 0 Å². The van der Waals surface area contributed by atoms with Gasteiger partial charge in [0.1, 0.15) is 31.0 Å². The van der Waals surface area contributed by atoms with Crippen molar-refractivity contribution in [1.29, 1.82) is 0 Å². The lowest BCUT2D eigenvalue weighted by molar-refractivity contribution is -0.129. The minimum Gasteiger partial charge on any atom is -0.506 e. The van der Waals surface area contributed by atoms with Crippen LogP contribution in [0, 0.1) is 34.5 Å². The third kappa shape index (κ3) is 4.92. The molecular formula is C23H36O6. The van der Waals surface area contributed by atoms with E-state index in [1.54, 1.807) is 13.0 Å². The number of hydrogen-bond donors (Lipinski definition) is 3. The zero-order chi connectivity index (χ0) is 21.8. The first-order valence-electron chi connectivity index (χ1n) is 10.5. The molecule has 3 N–H and O–H groups in total. The second-order valence-electron chi connectivity index (χ2n) is 9.53. The number of ether oxygens (including phenoxy) is 1. The zero-order valence-electron chi connectivity index (χ0n) is 17.8. The fraction of sp³-hybridized carbons (Fsp3) is 0.739. The summed E-state index contributed by atoms with van der Waals surface area (Å²) in [6, 6.07) is 0. The quantitative estimate of drug-likeness (QED) is 0.358. The molecule has 29 heavy (non-hydrogen) atoms. The number of allylic oxidation sites excluding steroid dienone is 2. The Balaban J connectivity index is 2.28. The first kappa shape index (κ1) is 23.6. The Morgan fingerprint density at radius 1 is 1.34 bits per heavy atom. The monoisotopic (exact) mass is 408 g/mol. The van der Waals surface area contributed by atoms with Crippen LogP contribution >= 0.6 is 0 Å². The maximum atomic E-state index is 11.6. The Morgan fingerprint density at radius 3 is 2.48 bits per heavy atom. The van der Waals surface area contributed by atoms with Gasteiger partial charge in [0.15, 0.2) is 5.76 Å². The standard InChI is InChI=1S/C23H36O6/c1-5-22(4,10-17(12-25)16(3)11-24)18-6-7-19(27)20(28)21(18)29-14-23(13-26)8-15(2)9-23/h5,11,13,15-19,25,27-28H,1,6-10,12,14H2,2-4H3/t15?,16-,17?,18-,19?,22?,23?/m0/s1. The normalized spacial score (nSPS) is 33.8. The summed E-state index contributed by atoms with van der Waals surface area (Å²) >= 11 is 0. The number of aliphatic hydroxyl groups is 3. The van der Waals surface area contributed by atoms with E-state index < -0.39 is 16.9 Å². The van der Waals surface area contributed by atoms with E-state index in [4.69, 9.17) is 4.74 Å². The Bertz CT molecular complexity index is 635. The highest BCUT2D eigenvalue weighted by atomic mass is 16.5. The number of rotatable bonds is 11. The van der Waals surface area contributed by atoms with Gasteiger partial charge in [0.05, 0.1) is 5.41 Å². The highest BCUT2D eigenvalue weighted by molar-refractivity contribution is 5.61. The van der Waals surface area contributed by atoms with Gasteiger partial charge in [-0.2, -0.15) is 0 Å². The molecule has 164 valence electrons. The van der Waals surface area contributed by atoms with Gasteiger partial charge in [-0.05, 0) is 49.4 Å². The minimum absolute atomic E-state index is 0.128. The molecule has 1 fully saturated rings. The van der Waals surface area contributed by atoms with Gasteiger partial charge in [-0.15, -0.1) is 6.58 Å². The second-order valence-corrected chi connectivity index (χ2v) is 9.53. The molecule has 2 aliphatic rings. The molecule has 0 saturated heterocycles. The average Bonchev–Trinajstić information content (AvgIpc) is 2.70. The summed E-state index contributed by atoms with van der Waals surface area (Å²) in [6.07, 6.45) is 5.52. The van der Waals surface area contributed by atoms with Crippen LogP contribution in [0.2, 0.25) is 0 Å². The molecule has 0 amide bonds. The van der Waals surface area contributed by atoms with E-state index in [9.17, 15) is 24.9 Å². The maximum Gasteiger partial charge on any atom is 0.159 e. The number of aldehydes is 2. The predicted molar refractivity (Wildman–Crippen MR) is 110 cm³/mol. The molecule has 6 nitrogen and oxygen atoms in total. The SMILES string of the molecule is C=CC(C)(CC(CO)[C@@H](C)C=O)[C@H]1CCC(O)C(O)=C1OCC1(C=O)CC(C)C1. The van der Waals surface area contributed by atoms with Crippen molar-refractivity contribution in [2.24, 2.45) is 34.5 Å². The number of aliphatic hydroxyl groups excluding tert-OH is 3. The van der Waals surface area contributed by atoms with Crippen molar-refractivity contribution in [2.75, 3.05) is 13.2 Å². The van der Waals surface area contributed by atoms with Gasteiger partial charge in [0.2, 0.25) is 0 Å². The molecule has 0 aromatic heterocycles. The van der Waals surface area contributed by atoms with Gasteiger partial charge in [-0.3, -0.25) is 0 Å². The molecule has 2 rings (SSSR count). The zero-order valence-corrected chi connectivity index (χ0v) is 17.8. The van der Waals surface area contributed by atoms with Crippen LogP contribution in [0.25, 0.3) is 0 Å². The summed E-state index contributed by atoms with van der Waals surface area (Å²) < 4.78 is 6.03.